The molecule has 0 radical (unpaired) electrons. The molecule has 2 unspecified atom stereocenters. The van der Waals surface area contributed by atoms with Crippen LogP contribution < -0.4 is 0 Å². The molecule has 2 rings (SSSR count). The zero-order valence-corrected chi connectivity index (χ0v) is 6.92. The van der Waals surface area contributed by atoms with E-state index >= 15 is 0 Å². The Balaban J connectivity index is 2.08. The number of ketones is 1. The second-order valence-electron chi connectivity index (χ2n) is 3.71. The van der Waals surface area contributed by atoms with Crippen LogP contribution in [0.5, 0.6) is 0 Å². The number of hydrogen-bond donors (Lipinski definition) is 0. The molecule has 11 heavy (non-hydrogen) atoms. The lowest BCUT2D eigenvalue weighted by molar-refractivity contribution is -0.123. The lowest BCUT2D eigenvalue weighted by atomic mass is 9.89. The summed E-state index contributed by atoms with van der Waals surface area (Å²) in [4.78, 5) is 11.4. The van der Waals surface area contributed by atoms with E-state index < -0.39 is 0 Å². The Labute approximate surface area is 67.5 Å². The van der Waals surface area contributed by atoms with Crippen molar-refractivity contribution >= 4 is 5.78 Å². The molecule has 1 saturated carbocycles. The van der Waals surface area contributed by atoms with E-state index in [1.54, 1.807) is 0 Å². The minimum absolute atomic E-state index is 0.384. The first-order valence-corrected chi connectivity index (χ1v) is 4.52. The van der Waals surface area contributed by atoms with E-state index in [0.717, 1.165) is 18.8 Å². The van der Waals surface area contributed by atoms with Crippen LogP contribution in [0.1, 0.15) is 26.2 Å². The molecule has 0 aromatic rings. The van der Waals surface area contributed by atoms with Crippen LogP contribution in [0.15, 0.2) is 12.2 Å². The van der Waals surface area contributed by atoms with Gasteiger partial charge in [0.2, 0.25) is 0 Å². The molecule has 0 N–H and O–H groups in total. The quantitative estimate of drug-likeness (QED) is 0.551. The van der Waals surface area contributed by atoms with E-state index in [9.17, 15) is 4.79 Å². The molecule has 1 nitrogen and oxygen atoms in total. The van der Waals surface area contributed by atoms with Gasteiger partial charge in [-0.15, -0.1) is 0 Å². The van der Waals surface area contributed by atoms with Crippen molar-refractivity contribution in [2.75, 3.05) is 0 Å². The van der Waals surface area contributed by atoms with E-state index in [4.69, 9.17) is 0 Å². The standard InChI is InChI=1S/C10H14O/c1-2-10(11)9-6-7-3-4-8(9)5-7/h3-4,7-9H,2,5-6H2,1H3/t7?,8?,9-/m0/s1. The zero-order chi connectivity index (χ0) is 7.84. The zero-order valence-electron chi connectivity index (χ0n) is 6.92. The van der Waals surface area contributed by atoms with Gasteiger partial charge in [-0.05, 0) is 24.7 Å². The Hall–Kier alpha value is -0.590. The summed E-state index contributed by atoms with van der Waals surface area (Å²) in [5.74, 6) is 2.20. The molecule has 1 fully saturated rings. The smallest absolute Gasteiger partial charge is 0.136 e. The van der Waals surface area contributed by atoms with E-state index in [0.29, 0.717) is 17.6 Å². The van der Waals surface area contributed by atoms with Gasteiger partial charge in [-0.3, -0.25) is 4.79 Å². The molecule has 60 valence electrons. The fraction of sp³-hybridized carbons (Fsp3) is 0.700. The highest BCUT2D eigenvalue weighted by atomic mass is 16.1. The van der Waals surface area contributed by atoms with Crippen molar-refractivity contribution in [3.05, 3.63) is 12.2 Å². The summed E-state index contributed by atoms with van der Waals surface area (Å²) in [7, 11) is 0. The van der Waals surface area contributed by atoms with Gasteiger partial charge in [-0.2, -0.15) is 0 Å². The highest BCUT2D eigenvalue weighted by Crippen LogP contribution is 2.43. The van der Waals surface area contributed by atoms with Gasteiger partial charge in [0.05, 0.1) is 0 Å². The molecule has 0 amide bonds. The topological polar surface area (TPSA) is 17.1 Å². The SMILES string of the molecule is CCC(=O)[C@H]1CC2C=CC1C2. The maximum Gasteiger partial charge on any atom is 0.136 e. The molecule has 2 bridgehead atoms. The predicted molar refractivity (Wildman–Crippen MR) is 44.1 cm³/mol. The fourth-order valence-corrected chi connectivity index (χ4v) is 2.41. The van der Waals surface area contributed by atoms with Gasteiger partial charge in [0, 0.05) is 12.3 Å². The van der Waals surface area contributed by atoms with Crippen LogP contribution in [-0.2, 0) is 4.79 Å². The maximum atomic E-state index is 11.4. The van der Waals surface area contributed by atoms with Crippen molar-refractivity contribution in [3.8, 4) is 0 Å². The highest BCUT2D eigenvalue weighted by molar-refractivity contribution is 5.81. The van der Waals surface area contributed by atoms with E-state index in [1.165, 1.54) is 6.42 Å². The molecule has 3 atom stereocenters. The second kappa shape index (κ2) is 2.47. The van der Waals surface area contributed by atoms with Crippen LogP contribution in [0.4, 0.5) is 0 Å². The third-order valence-electron chi connectivity index (χ3n) is 3.04. The number of fused-ring (bicyclic) bond motifs is 2. The van der Waals surface area contributed by atoms with E-state index in [1.807, 2.05) is 6.92 Å². The monoisotopic (exact) mass is 150 g/mol. The first-order chi connectivity index (χ1) is 5.31. The Morgan fingerprint density at radius 2 is 2.27 bits per heavy atom. The highest BCUT2D eigenvalue weighted by Gasteiger charge is 2.38. The Morgan fingerprint density at radius 3 is 2.73 bits per heavy atom. The summed E-state index contributed by atoms with van der Waals surface area (Å²) in [6.45, 7) is 1.97. The molecule has 0 saturated heterocycles. The van der Waals surface area contributed by atoms with Crippen LogP contribution in [0.25, 0.3) is 0 Å². The summed E-state index contributed by atoms with van der Waals surface area (Å²) in [6, 6.07) is 0. The molecule has 0 heterocycles. The molecule has 0 spiro atoms. The lowest BCUT2D eigenvalue weighted by Gasteiger charge is -2.14. The third-order valence-corrected chi connectivity index (χ3v) is 3.04. The van der Waals surface area contributed by atoms with Gasteiger partial charge in [0.1, 0.15) is 5.78 Å². The van der Waals surface area contributed by atoms with Crippen molar-refractivity contribution in [2.24, 2.45) is 17.8 Å². The lowest BCUT2D eigenvalue weighted by Crippen LogP contribution is -2.17. The predicted octanol–water partition coefficient (Wildman–Crippen LogP) is 2.18. The van der Waals surface area contributed by atoms with Crippen molar-refractivity contribution in [3.63, 3.8) is 0 Å². The van der Waals surface area contributed by atoms with Crippen LogP contribution in [0.2, 0.25) is 0 Å². The average Bonchev–Trinajstić information content (AvgIpc) is 2.62. The largest absolute Gasteiger partial charge is 0.299 e. The van der Waals surface area contributed by atoms with Gasteiger partial charge in [0.25, 0.3) is 0 Å². The van der Waals surface area contributed by atoms with Crippen molar-refractivity contribution in [1.82, 2.24) is 0 Å². The molecule has 2 aliphatic rings. The van der Waals surface area contributed by atoms with E-state index in [-0.39, 0.29) is 0 Å². The van der Waals surface area contributed by atoms with E-state index in [2.05, 4.69) is 12.2 Å². The number of Topliss-reactive ketones (excluding diaryl/α,β-unsaturated/α-hetero) is 1. The first-order valence-electron chi connectivity index (χ1n) is 4.52. The van der Waals surface area contributed by atoms with Crippen molar-refractivity contribution in [1.29, 1.82) is 0 Å². The van der Waals surface area contributed by atoms with Crippen LogP contribution in [-0.4, -0.2) is 5.78 Å². The van der Waals surface area contributed by atoms with Crippen molar-refractivity contribution in [2.45, 2.75) is 26.2 Å². The van der Waals surface area contributed by atoms with Crippen LogP contribution >= 0.6 is 0 Å². The minimum Gasteiger partial charge on any atom is -0.299 e. The van der Waals surface area contributed by atoms with Gasteiger partial charge in [0.15, 0.2) is 0 Å². The van der Waals surface area contributed by atoms with Gasteiger partial charge in [-0.1, -0.05) is 19.1 Å². The number of rotatable bonds is 2. The third kappa shape index (κ3) is 1.03. The molecule has 0 aromatic heterocycles. The number of carbonyl (C=O) groups excluding carboxylic acids is 1. The summed E-state index contributed by atoms with van der Waals surface area (Å²) in [5, 5.41) is 0. The Kier molecular flexibility index (Phi) is 1.59. The molecule has 1 heteroatoms. The average molecular weight is 150 g/mol. The molecular formula is C10H14O. The Morgan fingerprint density at radius 1 is 1.45 bits per heavy atom. The number of allylic oxidation sites excluding steroid dienone is 2. The van der Waals surface area contributed by atoms with Crippen LogP contribution in [0.3, 0.4) is 0 Å². The molecular weight excluding hydrogens is 136 g/mol. The first kappa shape index (κ1) is 7.08. The summed E-state index contributed by atoms with van der Waals surface area (Å²) >= 11 is 0. The molecule has 0 aliphatic heterocycles. The van der Waals surface area contributed by atoms with Crippen LogP contribution in [0, 0.1) is 17.8 Å². The summed E-state index contributed by atoms with van der Waals surface area (Å²) in [5.41, 5.74) is 0. The van der Waals surface area contributed by atoms with Gasteiger partial charge < -0.3 is 0 Å². The Bertz CT molecular complexity index is 205. The number of carbonyl (C=O) groups is 1. The number of hydrogen-bond acceptors (Lipinski definition) is 1. The fourth-order valence-electron chi connectivity index (χ4n) is 2.41. The molecule has 2 aliphatic carbocycles. The maximum absolute atomic E-state index is 11.4. The van der Waals surface area contributed by atoms with Crippen molar-refractivity contribution < 1.29 is 4.79 Å². The summed E-state index contributed by atoms with van der Waals surface area (Å²) in [6.07, 6.45) is 7.63. The molecule has 0 aromatic carbocycles. The normalized spacial score (nSPS) is 39.9. The minimum atomic E-state index is 0.384. The summed E-state index contributed by atoms with van der Waals surface area (Å²) < 4.78 is 0. The van der Waals surface area contributed by atoms with Gasteiger partial charge in [-0.25, -0.2) is 0 Å². The van der Waals surface area contributed by atoms with Gasteiger partial charge >= 0.3 is 0 Å². The second-order valence-corrected chi connectivity index (χ2v) is 3.71.